The van der Waals surface area contributed by atoms with Crippen LogP contribution in [0.15, 0.2) is 67.0 Å². The molecule has 0 saturated carbocycles. The largest absolute Gasteiger partial charge is 0.459 e. The molecule has 3 atom stereocenters. The van der Waals surface area contributed by atoms with Crippen molar-refractivity contribution < 1.29 is 28.2 Å². The number of rotatable bonds is 9. The van der Waals surface area contributed by atoms with E-state index in [9.17, 15) is 9.59 Å². The summed E-state index contributed by atoms with van der Waals surface area (Å²) >= 11 is 6.11. The first-order valence-corrected chi connectivity index (χ1v) is 11.5. The summed E-state index contributed by atoms with van der Waals surface area (Å²) in [4.78, 5) is 37.5. The van der Waals surface area contributed by atoms with E-state index in [1.165, 1.54) is 19.2 Å². The predicted molar refractivity (Wildman–Crippen MR) is 133 cm³/mol. The van der Waals surface area contributed by atoms with Gasteiger partial charge in [-0.3, -0.25) is 4.57 Å². The molecule has 2 heterocycles. The van der Waals surface area contributed by atoms with Crippen LogP contribution in [0.25, 0.3) is 11.2 Å². The van der Waals surface area contributed by atoms with Crippen LogP contribution >= 0.6 is 11.6 Å². The van der Waals surface area contributed by atoms with Gasteiger partial charge in [0.05, 0.1) is 17.5 Å². The first-order chi connectivity index (χ1) is 17.7. The molecular weight excluding hydrogens is 505 g/mol. The molecule has 12 heteroatoms. The van der Waals surface area contributed by atoms with Gasteiger partial charge < -0.3 is 19.9 Å². The van der Waals surface area contributed by atoms with Crippen molar-refractivity contribution in [2.24, 2.45) is 0 Å². The van der Waals surface area contributed by atoms with Crippen molar-refractivity contribution in [3.63, 3.8) is 0 Å². The van der Waals surface area contributed by atoms with E-state index >= 15 is 4.39 Å². The van der Waals surface area contributed by atoms with Gasteiger partial charge in [-0.25, -0.2) is 19.0 Å². The molecule has 0 aliphatic heterocycles. The molecule has 0 radical (unpaired) electrons. The molecule has 0 fully saturated rings. The molecule has 0 aliphatic rings. The van der Waals surface area contributed by atoms with Crippen LogP contribution in [0.3, 0.4) is 0 Å². The van der Waals surface area contributed by atoms with Crippen molar-refractivity contribution in [3.05, 3.63) is 83.3 Å². The number of nitrogens with two attached hydrogens (primary N) is 1. The first kappa shape index (κ1) is 26.0. The SMILES string of the molecule is CO[C@H](COC(=O)c1ccccc1)[C@@H](OC(=O)c1ccccc1)[C@@](C)(F)n1cnc2c(Cl)nc(N)nc21. The number of hydrogen-bond acceptors (Lipinski definition) is 9. The Morgan fingerprint density at radius 2 is 1.65 bits per heavy atom. The highest BCUT2D eigenvalue weighted by atomic mass is 35.5. The van der Waals surface area contributed by atoms with Gasteiger partial charge in [-0.2, -0.15) is 9.97 Å². The topological polar surface area (TPSA) is 131 Å². The summed E-state index contributed by atoms with van der Waals surface area (Å²) in [7, 11) is 1.28. The second kappa shape index (κ2) is 10.9. The number of nitrogens with zero attached hydrogens (tertiary/aromatic N) is 4. The van der Waals surface area contributed by atoms with Gasteiger partial charge in [-0.15, -0.1) is 0 Å². The van der Waals surface area contributed by atoms with Gasteiger partial charge in [-0.05, 0) is 31.2 Å². The molecule has 192 valence electrons. The lowest BCUT2D eigenvalue weighted by atomic mass is 10.0. The monoisotopic (exact) mass is 527 g/mol. The van der Waals surface area contributed by atoms with E-state index in [0.29, 0.717) is 5.56 Å². The van der Waals surface area contributed by atoms with Crippen LogP contribution in [-0.4, -0.2) is 57.4 Å². The minimum Gasteiger partial charge on any atom is -0.459 e. The lowest BCUT2D eigenvalue weighted by Crippen LogP contribution is -2.51. The molecular formula is C25H23ClFN5O5. The second-order valence-corrected chi connectivity index (χ2v) is 8.47. The molecule has 2 N–H and O–H groups in total. The van der Waals surface area contributed by atoms with E-state index in [1.54, 1.807) is 48.5 Å². The van der Waals surface area contributed by atoms with Crippen LogP contribution in [-0.2, 0) is 20.0 Å². The molecule has 4 rings (SSSR count). The maximum atomic E-state index is 16.8. The Morgan fingerprint density at radius 3 is 2.24 bits per heavy atom. The van der Waals surface area contributed by atoms with Gasteiger partial charge in [0.2, 0.25) is 11.7 Å². The average Bonchev–Trinajstić information content (AvgIpc) is 3.34. The highest BCUT2D eigenvalue weighted by molar-refractivity contribution is 6.33. The zero-order chi connectivity index (χ0) is 26.6. The number of esters is 2. The lowest BCUT2D eigenvalue weighted by Gasteiger charge is -2.35. The van der Waals surface area contributed by atoms with Crippen molar-refractivity contribution >= 4 is 40.7 Å². The highest BCUT2D eigenvalue weighted by Crippen LogP contribution is 2.33. The van der Waals surface area contributed by atoms with Crippen molar-refractivity contribution in [2.75, 3.05) is 19.5 Å². The molecule has 2 aromatic carbocycles. The molecule has 0 unspecified atom stereocenters. The van der Waals surface area contributed by atoms with Crippen molar-refractivity contribution in [3.8, 4) is 0 Å². The Hall–Kier alpha value is -4.09. The van der Waals surface area contributed by atoms with Crippen molar-refractivity contribution in [1.82, 2.24) is 19.5 Å². The van der Waals surface area contributed by atoms with E-state index < -0.39 is 36.5 Å². The minimum absolute atomic E-state index is 0.0283. The summed E-state index contributed by atoms with van der Waals surface area (Å²) in [6.45, 7) is 0.718. The van der Waals surface area contributed by atoms with Crippen LogP contribution in [0, 0.1) is 0 Å². The van der Waals surface area contributed by atoms with E-state index in [-0.39, 0.29) is 27.8 Å². The molecule has 4 aromatic rings. The average molecular weight is 528 g/mol. The molecule has 10 nitrogen and oxygen atoms in total. The van der Waals surface area contributed by atoms with E-state index in [1.807, 2.05) is 0 Å². The fourth-order valence-electron chi connectivity index (χ4n) is 3.71. The number of ether oxygens (including phenoxy) is 3. The number of nitrogen functional groups attached to an aromatic ring is 1. The summed E-state index contributed by atoms with van der Waals surface area (Å²) in [5.41, 5.74) is 6.26. The fourth-order valence-corrected chi connectivity index (χ4v) is 3.93. The van der Waals surface area contributed by atoms with Gasteiger partial charge in [0.1, 0.15) is 18.2 Å². The van der Waals surface area contributed by atoms with Gasteiger partial charge >= 0.3 is 11.9 Å². The van der Waals surface area contributed by atoms with Crippen molar-refractivity contribution in [1.29, 1.82) is 0 Å². The van der Waals surface area contributed by atoms with Gasteiger partial charge in [0.15, 0.2) is 16.9 Å². The van der Waals surface area contributed by atoms with Gasteiger partial charge in [0.25, 0.3) is 0 Å². The number of fused-ring (bicyclic) bond motifs is 1. The number of carbonyl (C=O) groups is 2. The predicted octanol–water partition coefficient (Wildman–Crippen LogP) is 3.80. The van der Waals surface area contributed by atoms with Crippen LogP contribution in [0.4, 0.5) is 10.3 Å². The fraction of sp³-hybridized carbons (Fsp3) is 0.240. The van der Waals surface area contributed by atoms with E-state index in [2.05, 4.69) is 15.0 Å². The summed E-state index contributed by atoms with van der Waals surface area (Å²) in [6.07, 6.45) is -1.74. The number of aromatic nitrogens is 4. The molecule has 37 heavy (non-hydrogen) atoms. The Bertz CT molecular complexity index is 1400. The number of carbonyl (C=O) groups excluding carboxylic acids is 2. The molecule has 0 amide bonds. The van der Waals surface area contributed by atoms with Crippen LogP contribution < -0.4 is 5.73 Å². The number of alkyl halides is 1. The smallest absolute Gasteiger partial charge is 0.338 e. The first-order valence-electron chi connectivity index (χ1n) is 11.1. The minimum atomic E-state index is -2.52. The maximum Gasteiger partial charge on any atom is 0.338 e. The highest BCUT2D eigenvalue weighted by Gasteiger charge is 2.47. The van der Waals surface area contributed by atoms with E-state index in [4.69, 9.17) is 31.5 Å². The van der Waals surface area contributed by atoms with Crippen molar-refractivity contribution in [2.45, 2.75) is 24.9 Å². The normalized spacial score (nSPS) is 14.5. The Labute approximate surface area is 216 Å². The molecule has 0 aliphatic carbocycles. The molecule has 2 aromatic heterocycles. The standard InChI is InChI=1S/C25H23ClFN5O5/c1-25(27,32-14-29-18-20(26)30-24(28)31-21(18)32)19(37-23(34)16-11-7-4-8-12-16)17(35-2)13-36-22(33)15-9-5-3-6-10-15/h3-12,14,17,19H,13H2,1-2H3,(H2,28,30,31)/t17-,19-,25+/m1/s1. The van der Waals surface area contributed by atoms with Gasteiger partial charge in [-0.1, -0.05) is 48.0 Å². The number of halogens is 2. The zero-order valence-corrected chi connectivity index (χ0v) is 20.6. The summed E-state index contributed by atoms with van der Waals surface area (Å²) in [6, 6.07) is 16.3. The quantitative estimate of drug-likeness (QED) is 0.255. The summed E-state index contributed by atoms with van der Waals surface area (Å²) < 4.78 is 34.3. The Kier molecular flexibility index (Phi) is 7.65. The van der Waals surface area contributed by atoms with Crippen LogP contribution in [0.1, 0.15) is 27.6 Å². The Morgan fingerprint density at radius 1 is 1.05 bits per heavy atom. The second-order valence-electron chi connectivity index (χ2n) is 8.11. The number of anilines is 1. The number of benzene rings is 2. The van der Waals surface area contributed by atoms with E-state index in [0.717, 1.165) is 17.8 Å². The third kappa shape index (κ3) is 5.52. The number of hydrogen-bond donors (Lipinski definition) is 1. The third-order valence-corrected chi connectivity index (χ3v) is 5.90. The lowest BCUT2D eigenvalue weighted by molar-refractivity contribution is -0.141. The number of methoxy groups -OCH3 is 1. The number of imidazole rings is 1. The molecule has 0 spiro atoms. The Balaban J connectivity index is 1.70. The van der Waals surface area contributed by atoms with Crippen LogP contribution in [0.5, 0.6) is 0 Å². The summed E-state index contributed by atoms with van der Waals surface area (Å²) in [5, 5.41) is -0.0741. The maximum absolute atomic E-state index is 16.8. The molecule has 0 saturated heterocycles. The van der Waals surface area contributed by atoms with Crippen LogP contribution in [0.2, 0.25) is 5.15 Å². The molecule has 0 bridgehead atoms. The summed E-state index contributed by atoms with van der Waals surface area (Å²) in [5.74, 6) is -4.20. The third-order valence-electron chi connectivity index (χ3n) is 5.63. The van der Waals surface area contributed by atoms with Gasteiger partial charge in [0, 0.05) is 7.11 Å². The zero-order valence-electron chi connectivity index (χ0n) is 19.9.